The molecule has 7 nitrogen and oxygen atoms in total. The second-order valence-corrected chi connectivity index (χ2v) is 9.76. The summed E-state index contributed by atoms with van der Waals surface area (Å²) >= 11 is 6.25. The summed E-state index contributed by atoms with van der Waals surface area (Å²) < 4.78 is 26.1. The number of amides is 2. The topological polar surface area (TPSA) is 86.8 Å². The zero-order chi connectivity index (χ0) is 23.3. The summed E-state index contributed by atoms with van der Waals surface area (Å²) in [5.74, 6) is -0.878. The Morgan fingerprint density at radius 3 is 2.29 bits per heavy atom. The first-order chi connectivity index (χ1) is 14.5. The molecule has 1 N–H and O–H groups in total. The number of anilines is 1. The van der Waals surface area contributed by atoms with Crippen LogP contribution in [0.1, 0.15) is 23.6 Å². The fraction of sp³-hybridized carbons (Fsp3) is 0.364. The molecule has 0 aromatic heterocycles. The zero-order valence-corrected chi connectivity index (χ0v) is 19.9. The van der Waals surface area contributed by atoms with Gasteiger partial charge in [0.05, 0.1) is 11.9 Å². The van der Waals surface area contributed by atoms with Crippen molar-refractivity contribution < 1.29 is 18.0 Å². The van der Waals surface area contributed by atoms with Gasteiger partial charge in [0.2, 0.25) is 21.8 Å². The molecule has 2 aromatic rings. The smallest absolute Gasteiger partial charge is 0.244 e. The van der Waals surface area contributed by atoms with Crippen LogP contribution in [-0.4, -0.2) is 51.0 Å². The minimum absolute atomic E-state index is 0.0671. The highest BCUT2D eigenvalue weighted by Gasteiger charge is 2.30. The Labute approximate surface area is 189 Å². The molecule has 0 aliphatic carbocycles. The maximum absolute atomic E-state index is 13.3. The predicted molar refractivity (Wildman–Crippen MR) is 124 cm³/mol. The molecule has 0 saturated carbocycles. The number of aryl methyl sites for hydroxylation is 2. The Bertz CT molecular complexity index is 1070. The van der Waals surface area contributed by atoms with Crippen LogP contribution in [0.3, 0.4) is 0 Å². The van der Waals surface area contributed by atoms with E-state index >= 15 is 0 Å². The molecular weight excluding hydrogens is 438 g/mol. The maximum atomic E-state index is 13.3. The van der Waals surface area contributed by atoms with Crippen molar-refractivity contribution in [2.75, 3.05) is 24.2 Å². The van der Waals surface area contributed by atoms with Crippen LogP contribution in [0.15, 0.2) is 42.5 Å². The SMILES string of the molecule is CNC(=O)C(C)N(Cc1ccccc1Cl)C(=O)CN(c1ccc(C)c(C)c1)S(C)(=O)=O. The van der Waals surface area contributed by atoms with E-state index in [9.17, 15) is 18.0 Å². The summed E-state index contributed by atoms with van der Waals surface area (Å²) in [6.45, 7) is 5.02. The number of halogens is 1. The van der Waals surface area contributed by atoms with E-state index in [-0.39, 0.29) is 12.5 Å². The number of likely N-dealkylation sites (N-methyl/N-ethyl adjacent to an activating group) is 1. The van der Waals surface area contributed by atoms with Gasteiger partial charge in [-0.05, 0) is 55.7 Å². The van der Waals surface area contributed by atoms with Crippen LogP contribution < -0.4 is 9.62 Å². The van der Waals surface area contributed by atoms with E-state index in [2.05, 4.69) is 5.32 Å². The van der Waals surface area contributed by atoms with Crippen molar-refractivity contribution in [3.8, 4) is 0 Å². The first-order valence-corrected chi connectivity index (χ1v) is 12.0. The molecule has 168 valence electrons. The number of rotatable bonds is 8. The lowest BCUT2D eigenvalue weighted by Gasteiger charge is -2.31. The summed E-state index contributed by atoms with van der Waals surface area (Å²) in [7, 11) is -2.27. The highest BCUT2D eigenvalue weighted by Crippen LogP contribution is 2.23. The summed E-state index contributed by atoms with van der Waals surface area (Å²) in [5.41, 5.74) is 2.97. The van der Waals surface area contributed by atoms with Gasteiger partial charge in [0, 0.05) is 18.6 Å². The average Bonchev–Trinajstić information content (AvgIpc) is 2.71. The Balaban J connectivity index is 2.42. The van der Waals surface area contributed by atoms with Crippen molar-refractivity contribution in [2.45, 2.75) is 33.4 Å². The number of hydrogen-bond acceptors (Lipinski definition) is 4. The van der Waals surface area contributed by atoms with Crippen LogP contribution in [0.4, 0.5) is 5.69 Å². The fourth-order valence-corrected chi connectivity index (χ4v) is 4.13. The Morgan fingerprint density at radius 2 is 1.74 bits per heavy atom. The van der Waals surface area contributed by atoms with Crippen LogP contribution in [-0.2, 0) is 26.2 Å². The molecule has 1 atom stereocenters. The molecule has 9 heteroatoms. The minimum Gasteiger partial charge on any atom is -0.357 e. The lowest BCUT2D eigenvalue weighted by Crippen LogP contribution is -2.50. The number of carbonyl (C=O) groups excluding carboxylic acids is 2. The molecule has 1 unspecified atom stereocenters. The quantitative estimate of drug-likeness (QED) is 0.649. The lowest BCUT2D eigenvalue weighted by molar-refractivity contribution is -0.139. The molecule has 0 radical (unpaired) electrons. The largest absolute Gasteiger partial charge is 0.357 e. The minimum atomic E-state index is -3.75. The molecule has 0 bridgehead atoms. The van der Waals surface area contributed by atoms with Gasteiger partial charge in [0.15, 0.2) is 0 Å². The number of sulfonamides is 1. The summed E-state index contributed by atoms with van der Waals surface area (Å²) in [6, 6.07) is 11.4. The molecule has 0 saturated heterocycles. The molecule has 0 aliphatic rings. The normalized spacial score (nSPS) is 12.2. The summed E-state index contributed by atoms with van der Waals surface area (Å²) in [4.78, 5) is 26.9. The van der Waals surface area contributed by atoms with Gasteiger partial charge in [0.25, 0.3) is 0 Å². The standard InChI is InChI=1S/C22H28ClN3O4S/c1-15-10-11-19(12-16(15)2)26(31(5,29)30)14-21(27)25(17(3)22(28)24-4)13-18-8-6-7-9-20(18)23/h6-12,17H,13-14H2,1-5H3,(H,24,28). The van der Waals surface area contributed by atoms with Crippen molar-refractivity contribution in [1.82, 2.24) is 10.2 Å². The Morgan fingerprint density at radius 1 is 1.10 bits per heavy atom. The van der Waals surface area contributed by atoms with E-state index < -0.39 is 28.5 Å². The van der Waals surface area contributed by atoms with Gasteiger partial charge >= 0.3 is 0 Å². The van der Waals surface area contributed by atoms with Crippen LogP contribution in [0.5, 0.6) is 0 Å². The van der Waals surface area contributed by atoms with E-state index in [0.29, 0.717) is 16.3 Å². The molecule has 2 amide bonds. The second-order valence-electron chi connectivity index (χ2n) is 7.44. The van der Waals surface area contributed by atoms with E-state index in [1.165, 1.54) is 11.9 Å². The molecular formula is C22H28ClN3O4S. The van der Waals surface area contributed by atoms with Gasteiger partial charge in [-0.2, -0.15) is 0 Å². The number of hydrogen-bond donors (Lipinski definition) is 1. The zero-order valence-electron chi connectivity index (χ0n) is 18.3. The molecule has 2 rings (SSSR count). The second kappa shape index (κ2) is 10.2. The molecule has 31 heavy (non-hydrogen) atoms. The first-order valence-electron chi connectivity index (χ1n) is 9.75. The Kier molecular flexibility index (Phi) is 8.08. The third kappa shape index (κ3) is 6.21. The third-order valence-corrected chi connectivity index (χ3v) is 6.68. The van der Waals surface area contributed by atoms with Crippen molar-refractivity contribution >= 4 is 39.1 Å². The van der Waals surface area contributed by atoms with Gasteiger partial charge in [-0.3, -0.25) is 13.9 Å². The van der Waals surface area contributed by atoms with Crippen molar-refractivity contribution in [3.63, 3.8) is 0 Å². The van der Waals surface area contributed by atoms with Crippen LogP contribution in [0.25, 0.3) is 0 Å². The molecule has 0 aliphatic heterocycles. The van der Waals surface area contributed by atoms with Gasteiger partial charge in [-0.25, -0.2) is 8.42 Å². The van der Waals surface area contributed by atoms with Crippen molar-refractivity contribution in [1.29, 1.82) is 0 Å². The monoisotopic (exact) mass is 465 g/mol. The first kappa shape index (κ1) is 24.7. The third-order valence-electron chi connectivity index (χ3n) is 5.17. The highest BCUT2D eigenvalue weighted by atomic mass is 35.5. The Hall–Kier alpha value is -2.58. The molecule has 2 aromatic carbocycles. The van der Waals surface area contributed by atoms with Gasteiger partial charge < -0.3 is 10.2 Å². The van der Waals surface area contributed by atoms with Gasteiger partial charge in [-0.15, -0.1) is 0 Å². The number of carbonyl (C=O) groups is 2. The van der Waals surface area contributed by atoms with Gasteiger partial charge in [-0.1, -0.05) is 35.9 Å². The van der Waals surface area contributed by atoms with Gasteiger partial charge in [0.1, 0.15) is 12.6 Å². The summed E-state index contributed by atoms with van der Waals surface area (Å²) in [6.07, 6.45) is 1.05. The molecule has 0 heterocycles. The number of nitrogens with one attached hydrogen (secondary N) is 1. The van der Waals surface area contributed by atoms with Crippen LogP contribution in [0, 0.1) is 13.8 Å². The maximum Gasteiger partial charge on any atom is 0.244 e. The fourth-order valence-electron chi connectivity index (χ4n) is 3.10. The van der Waals surface area contributed by atoms with E-state index in [1.54, 1.807) is 43.3 Å². The number of nitrogens with zero attached hydrogens (tertiary/aromatic N) is 2. The van der Waals surface area contributed by atoms with Crippen molar-refractivity contribution in [2.24, 2.45) is 0 Å². The van der Waals surface area contributed by atoms with E-state index in [0.717, 1.165) is 21.7 Å². The van der Waals surface area contributed by atoms with Crippen LogP contribution >= 0.6 is 11.6 Å². The number of benzene rings is 2. The lowest BCUT2D eigenvalue weighted by atomic mass is 10.1. The van der Waals surface area contributed by atoms with Crippen LogP contribution in [0.2, 0.25) is 5.02 Å². The van der Waals surface area contributed by atoms with Crippen molar-refractivity contribution in [3.05, 3.63) is 64.2 Å². The average molecular weight is 466 g/mol. The highest BCUT2D eigenvalue weighted by molar-refractivity contribution is 7.92. The molecule has 0 fully saturated rings. The van der Waals surface area contributed by atoms with E-state index in [4.69, 9.17) is 11.6 Å². The molecule has 0 spiro atoms. The summed E-state index contributed by atoms with van der Waals surface area (Å²) in [5, 5.41) is 2.99. The van der Waals surface area contributed by atoms with E-state index in [1.807, 2.05) is 19.9 Å². The predicted octanol–water partition coefficient (Wildman–Crippen LogP) is 2.89.